The molecule has 0 amide bonds. The maximum Gasteiger partial charge on any atom is 0.189 e. The van der Waals surface area contributed by atoms with Crippen LogP contribution in [0.3, 0.4) is 0 Å². The smallest absolute Gasteiger partial charge is 0.189 e. The average molecular weight is 372 g/mol. The van der Waals surface area contributed by atoms with Crippen LogP contribution in [0.4, 0.5) is 0 Å². The molecule has 0 saturated carbocycles. The Balaban J connectivity index is 2.52. The van der Waals surface area contributed by atoms with Crippen molar-refractivity contribution in [3.8, 4) is 5.75 Å². The number of rotatable bonds is 5. The van der Waals surface area contributed by atoms with E-state index in [2.05, 4.69) is 34.7 Å². The molecule has 19 heavy (non-hydrogen) atoms. The fourth-order valence-corrected chi connectivity index (χ4v) is 3.08. The average Bonchev–Trinajstić information content (AvgIpc) is 2.41. The maximum absolute atomic E-state index is 9.47. The number of ether oxygens (including phenoxy) is 2. The van der Waals surface area contributed by atoms with Crippen molar-refractivity contribution in [2.24, 2.45) is 0 Å². The Morgan fingerprint density at radius 1 is 1.32 bits per heavy atom. The van der Waals surface area contributed by atoms with Crippen LogP contribution in [0.1, 0.15) is 18.1 Å². The second-order valence-corrected chi connectivity index (χ2v) is 5.40. The van der Waals surface area contributed by atoms with Crippen LogP contribution in [0, 0.1) is 10.5 Å². The van der Waals surface area contributed by atoms with E-state index in [1.165, 1.54) is 0 Å². The van der Waals surface area contributed by atoms with Gasteiger partial charge in [0.2, 0.25) is 0 Å². The number of hydrogen-bond donors (Lipinski definition) is 1. The van der Waals surface area contributed by atoms with Crippen LogP contribution in [-0.2, 0) is 11.3 Å². The number of fused-ring (bicyclic) bond motifs is 1. The first kappa shape index (κ1) is 14.6. The van der Waals surface area contributed by atoms with Gasteiger partial charge in [-0.1, -0.05) is 18.2 Å². The molecule has 2 aromatic rings. The van der Waals surface area contributed by atoms with Crippen molar-refractivity contribution in [3.05, 3.63) is 39.0 Å². The minimum absolute atomic E-state index is 0.0314. The highest BCUT2D eigenvalue weighted by Crippen LogP contribution is 2.34. The summed E-state index contributed by atoms with van der Waals surface area (Å²) in [6, 6.07) is 8.03. The van der Waals surface area contributed by atoms with E-state index in [1.54, 1.807) is 0 Å². The van der Waals surface area contributed by atoms with Crippen molar-refractivity contribution in [1.82, 2.24) is 0 Å². The van der Waals surface area contributed by atoms with Crippen LogP contribution in [0.25, 0.3) is 10.8 Å². The molecule has 2 aromatic carbocycles. The molecule has 1 N–H and O–H groups in total. The molecule has 102 valence electrons. The Hall–Kier alpha value is -0.850. The van der Waals surface area contributed by atoms with Crippen LogP contribution in [0.5, 0.6) is 5.75 Å². The van der Waals surface area contributed by atoms with Gasteiger partial charge in [-0.25, -0.2) is 0 Å². The molecular formula is C15H17IO3. The van der Waals surface area contributed by atoms with Crippen LogP contribution in [0.15, 0.2) is 24.3 Å². The number of hydrogen-bond acceptors (Lipinski definition) is 3. The summed E-state index contributed by atoms with van der Waals surface area (Å²) in [7, 11) is 0. The minimum Gasteiger partial charge on any atom is -0.466 e. The van der Waals surface area contributed by atoms with Crippen LogP contribution in [0.2, 0.25) is 0 Å². The standard InChI is InChI=1S/C15H17IO3/c1-3-18-9-19-15-10(2)14-11(7-13(15)16)5-4-6-12(14)8-17/h4-7,17H,3,8-9H2,1-2H3. The zero-order valence-electron chi connectivity index (χ0n) is 11.1. The van der Waals surface area contributed by atoms with E-state index in [-0.39, 0.29) is 13.4 Å². The van der Waals surface area contributed by atoms with E-state index in [0.29, 0.717) is 6.61 Å². The Kier molecular flexibility index (Phi) is 5.01. The van der Waals surface area contributed by atoms with Gasteiger partial charge in [0, 0.05) is 12.2 Å². The molecule has 0 aliphatic heterocycles. The molecule has 2 rings (SSSR count). The summed E-state index contributed by atoms with van der Waals surface area (Å²) >= 11 is 2.27. The highest BCUT2D eigenvalue weighted by molar-refractivity contribution is 14.1. The SMILES string of the molecule is CCOCOc1c(I)cc2cccc(CO)c2c1C. The quantitative estimate of drug-likeness (QED) is 0.495. The molecular weight excluding hydrogens is 355 g/mol. The molecule has 0 aliphatic rings. The summed E-state index contributed by atoms with van der Waals surface area (Å²) in [5.74, 6) is 0.836. The summed E-state index contributed by atoms with van der Waals surface area (Å²) in [5, 5.41) is 11.7. The number of benzene rings is 2. The lowest BCUT2D eigenvalue weighted by atomic mass is 9.99. The zero-order chi connectivity index (χ0) is 13.8. The van der Waals surface area contributed by atoms with Gasteiger partial charge >= 0.3 is 0 Å². The van der Waals surface area contributed by atoms with Crippen molar-refractivity contribution >= 4 is 33.4 Å². The van der Waals surface area contributed by atoms with E-state index in [0.717, 1.165) is 31.2 Å². The van der Waals surface area contributed by atoms with E-state index in [1.807, 2.05) is 26.0 Å². The van der Waals surface area contributed by atoms with Crippen molar-refractivity contribution in [1.29, 1.82) is 0 Å². The number of halogens is 1. The lowest BCUT2D eigenvalue weighted by Gasteiger charge is -2.15. The Bertz CT molecular complexity index is 581. The van der Waals surface area contributed by atoms with Crippen molar-refractivity contribution in [2.75, 3.05) is 13.4 Å². The van der Waals surface area contributed by atoms with Crippen molar-refractivity contribution in [2.45, 2.75) is 20.5 Å². The molecule has 0 atom stereocenters. The number of aliphatic hydroxyl groups excluding tert-OH is 1. The second-order valence-electron chi connectivity index (χ2n) is 4.24. The molecule has 4 heteroatoms. The molecule has 0 aromatic heterocycles. The predicted molar refractivity (Wildman–Crippen MR) is 84.4 cm³/mol. The third kappa shape index (κ3) is 3.01. The number of aliphatic hydroxyl groups is 1. The summed E-state index contributed by atoms with van der Waals surface area (Å²) in [6.45, 7) is 4.87. The lowest BCUT2D eigenvalue weighted by molar-refractivity contribution is 0.0216. The second kappa shape index (κ2) is 6.54. The van der Waals surface area contributed by atoms with Gasteiger partial charge in [0.25, 0.3) is 0 Å². The van der Waals surface area contributed by atoms with E-state index >= 15 is 0 Å². The molecule has 0 saturated heterocycles. The Morgan fingerprint density at radius 3 is 2.79 bits per heavy atom. The fraction of sp³-hybridized carbons (Fsp3) is 0.333. The number of aryl methyl sites for hydroxylation is 1. The first-order valence-electron chi connectivity index (χ1n) is 6.21. The summed E-state index contributed by atoms with van der Waals surface area (Å²) in [6.07, 6.45) is 0. The van der Waals surface area contributed by atoms with Gasteiger partial charge < -0.3 is 14.6 Å². The molecule has 0 radical (unpaired) electrons. The summed E-state index contributed by atoms with van der Waals surface area (Å²) in [4.78, 5) is 0. The largest absolute Gasteiger partial charge is 0.466 e. The zero-order valence-corrected chi connectivity index (χ0v) is 13.2. The van der Waals surface area contributed by atoms with E-state index < -0.39 is 0 Å². The molecule has 3 nitrogen and oxygen atoms in total. The third-order valence-corrected chi connectivity index (χ3v) is 3.86. The van der Waals surface area contributed by atoms with Gasteiger partial charge in [-0.05, 0) is 58.8 Å². The topological polar surface area (TPSA) is 38.7 Å². The molecule has 0 unspecified atom stereocenters. The normalized spacial score (nSPS) is 10.9. The lowest BCUT2D eigenvalue weighted by Crippen LogP contribution is -2.05. The van der Waals surface area contributed by atoms with E-state index in [9.17, 15) is 5.11 Å². The van der Waals surface area contributed by atoms with Crippen LogP contribution < -0.4 is 4.74 Å². The van der Waals surface area contributed by atoms with E-state index in [4.69, 9.17) is 9.47 Å². The summed E-state index contributed by atoms with van der Waals surface area (Å²) < 4.78 is 12.0. The van der Waals surface area contributed by atoms with Crippen LogP contribution in [-0.4, -0.2) is 18.5 Å². The molecule has 0 heterocycles. The van der Waals surface area contributed by atoms with Crippen molar-refractivity contribution in [3.63, 3.8) is 0 Å². The van der Waals surface area contributed by atoms with Gasteiger partial charge in [-0.3, -0.25) is 0 Å². The van der Waals surface area contributed by atoms with Gasteiger partial charge in [0.05, 0.1) is 10.2 Å². The fourth-order valence-electron chi connectivity index (χ4n) is 2.19. The van der Waals surface area contributed by atoms with Gasteiger partial charge in [0.15, 0.2) is 6.79 Å². The molecule has 0 spiro atoms. The highest BCUT2D eigenvalue weighted by Gasteiger charge is 2.12. The molecule has 0 aliphatic carbocycles. The summed E-state index contributed by atoms with van der Waals surface area (Å²) in [5.41, 5.74) is 1.97. The molecule has 0 bridgehead atoms. The third-order valence-electron chi connectivity index (χ3n) is 3.06. The van der Waals surface area contributed by atoms with Gasteiger partial charge in [0.1, 0.15) is 5.75 Å². The van der Waals surface area contributed by atoms with Gasteiger partial charge in [-0.2, -0.15) is 0 Å². The van der Waals surface area contributed by atoms with Crippen LogP contribution >= 0.6 is 22.6 Å². The maximum atomic E-state index is 9.47. The first-order chi connectivity index (χ1) is 9.19. The molecule has 0 fully saturated rings. The Morgan fingerprint density at radius 2 is 2.11 bits per heavy atom. The first-order valence-corrected chi connectivity index (χ1v) is 7.29. The Labute approximate surface area is 126 Å². The predicted octanol–water partition coefficient (Wildman–Crippen LogP) is 3.62. The van der Waals surface area contributed by atoms with Crippen molar-refractivity contribution < 1.29 is 14.6 Å². The van der Waals surface area contributed by atoms with Gasteiger partial charge in [-0.15, -0.1) is 0 Å². The minimum atomic E-state index is 0.0314. The monoisotopic (exact) mass is 372 g/mol. The highest BCUT2D eigenvalue weighted by atomic mass is 127.